The summed E-state index contributed by atoms with van der Waals surface area (Å²) in [6.45, 7) is 3.55. The van der Waals surface area contributed by atoms with Crippen molar-refractivity contribution in [3.05, 3.63) is 35.9 Å². The highest BCUT2D eigenvalue weighted by molar-refractivity contribution is 5.77. The minimum Gasteiger partial charge on any atom is -0.371 e. The molecule has 2 N–H and O–H groups in total. The Bertz CT molecular complexity index is 375. The van der Waals surface area contributed by atoms with Crippen molar-refractivity contribution in [1.82, 2.24) is 10.6 Å². The molecule has 0 aromatic heterocycles. The summed E-state index contributed by atoms with van der Waals surface area (Å²) in [6.07, 6.45) is 2.29. The molecule has 104 valence electrons. The van der Waals surface area contributed by atoms with E-state index in [1.54, 1.807) is 0 Å². The van der Waals surface area contributed by atoms with Gasteiger partial charge in [0.1, 0.15) is 6.61 Å². The van der Waals surface area contributed by atoms with E-state index in [9.17, 15) is 4.79 Å². The molecule has 0 bridgehead atoms. The van der Waals surface area contributed by atoms with Gasteiger partial charge < -0.3 is 15.4 Å². The average Bonchev–Trinajstić information content (AvgIpc) is 2.47. The topological polar surface area (TPSA) is 50.4 Å². The van der Waals surface area contributed by atoms with Crippen molar-refractivity contribution in [3.8, 4) is 0 Å². The maximum absolute atomic E-state index is 11.6. The van der Waals surface area contributed by atoms with E-state index in [1.165, 1.54) is 0 Å². The Hall–Kier alpha value is -1.39. The quantitative estimate of drug-likeness (QED) is 0.813. The van der Waals surface area contributed by atoms with E-state index in [-0.39, 0.29) is 12.5 Å². The van der Waals surface area contributed by atoms with Gasteiger partial charge in [0, 0.05) is 6.54 Å². The van der Waals surface area contributed by atoms with Crippen LogP contribution in [0, 0.1) is 5.92 Å². The van der Waals surface area contributed by atoms with Gasteiger partial charge in [-0.15, -0.1) is 0 Å². The number of benzene rings is 1. The second kappa shape index (κ2) is 7.92. The fourth-order valence-corrected chi connectivity index (χ4v) is 2.21. The van der Waals surface area contributed by atoms with Crippen LogP contribution in [0.2, 0.25) is 0 Å². The lowest BCUT2D eigenvalue weighted by Crippen LogP contribution is -2.32. The van der Waals surface area contributed by atoms with Crippen molar-refractivity contribution >= 4 is 5.91 Å². The van der Waals surface area contributed by atoms with Gasteiger partial charge in [0.05, 0.1) is 6.61 Å². The van der Waals surface area contributed by atoms with Crippen LogP contribution in [0.5, 0.6) is 0 Å². The Labute approximate surface area is 114 Å². The lowest BCUT2D eigenvalue weighted by atomic mass is 9.99. The monoisotopic (exact) mass is 262 g/mol. The molecule has 2 rings (SSSR count). The van der Waals surface area contributed by atoms with Gasteiger partial charge in [-0.05, 0) is 37.4 Å². The highest BCUT2D eigenvalue weighted by atomic mass is 16.5. The molecule has 1 aromatic rings. The van der Waals surface area contributed by atoms with Crippen molar-refractivity contribution in [2.24, 2.45) is 5.92 Å². The van der Waals surface area contributed by atoms with Crippen molar-refractivity contribution in [1.29, 1.82) is 0 Å². The minimum atomic E-state index is -0.0437. The number of carbonyl (C=O) groups is 1. The standard InChI is InChI=1S/C15H22N2O2/c18-15(17-10-13-4-2-1-3-5-13)12-19-11-14-6-8-16-9-7-14/h1-5,14,16H,6-12H2,(H,17,18). The summed E-state index contributed by atoms with van der Waals surface area (Å²) in [5.41, 5.74) is 1.11. The molecular formula is C15H22N2O2. The number of ether oxygens (including phenoxy) is 1. The van der Waals surface area contributed by atoms with Gasteiger partial charge in [-0.2, -0.15) is 0 Å². The van der Waals surface area contributed by atoms with Crippen LogP contribution in [0.15, 0.2) is 30.3 Å². The number of hydrogen-bond donors (Lipinski definition) is 2. The van der Waals surface area contributed by atoms with Crippen molar-refractivity contribution in [3.63, 3.8) is 0 Å². The first-order chi connectivity index (χ1) is 9.34. The van der Waals surface area contributed by atoms with Crippen molar-refractivity contribution in [2.45, 2.75) is 19.4 Å². The van der Waals surface area contributed by atoms with Crippen LogP contribution in [0.3, 0.4) is 0 Å². The molecule has 1 saturated heterocycles. The van der Waals surface area contributed by atoms with Gasteiger partial charge in [-0.1, -0.05) is 30.3 Å². The second-order valence-corrected chi connectivity index (χ2v) is 4.97. The minimum absolute atomic E-state index is 0.0437. The SMILES string of the molecule is O=C(COCC1CCNCC1)NCc1ccccc1. The van der Waals surface area contributed by atoms with E-state index in [2.05, 4.69) is 10.6 Å². The molecule has 4 heteroatoms. The zero-order chi connectivity index (χ0) is 13.3. The third-order valence-corrected chi connectivity index (χ3v) is 3.38. The maximum atomic E-state index is 11.6. The molecule has 0 saturated carbocycles. The first-order valence-electron chi connectivity index (χ1n) is 6.93. The van der Waals surface area contributed by atoms with Crippen LogP contribution in [0.4, 0.5) is 0 Å². The van der Waals surface area contributed by atoms with Crippen LogP contribution in [0.25, 0.3) is 0 Å². The normalized spacial score (nSPS) is 16.2. The summed E-state index contributed by atoms with van der Waals surface area (Å²) in [5, 5.41) is 6.18. The molecule has 4 nitrogen and oxygen atoms in total. The molecule has 0 atom stereocenters. The average molecular weight is 262 g/mol. The number of nitrogens with one attached hydrogen (secondary N) is 2. The number of amides is 1. The predicted octanol–water partition coefficient (Wildman–Crippen LogP) is 1.32. The fourth-order valence-electron chi connectivity index (χ4n) is 2.21. The third kappa shape index (κ3) is 5.41. The van der Waals surface area contributed by atoms with Crippen molar-refractivity contribution < 1.29 is 9.53 Å². The summed E-state index contributed by atoms with van der Waals surface area (Å²) in [5.74, 6) is 0.556. The maximum Gasteiger partial charge on any atom is 0.246 e. The lowest BCUT2D eigenvalue weighted by molar-refractivity contribution is -0.126. The van der Waals surface area contributed by atoms with E-state index in [4.69, 9.17) is 4.74 Å². The molecule has 1 fully saturated rings. The van der Waals surface area contributed by atoms with Crippen LogP contribution >= 0.6 is 0 Å². The summed E-state index contributed by atoms with van der Waals surface area (Å²) in [6, 6.07) is 9.89. The Morgan fingerprint density at radius 3 is 2.74 bits per heavy atom. The smallest absolute Gasteiger partial charge is 0.246 e. The molecule has 1 aliphatic rings. The van der Waals surface area contributed by atoms with Crippen LogP contribution in [0.1, 0.15) is 18.4 Å². The predicted molar refractivity (Wildman–Crippen MR) is 74.7 cm³/mol. The largest absolute Gasteiger partial charge is 0.371 e. The fraction of sp³-hybridized carbons (Fsp3) is 0.533. The molecule has 0 spiro atoms. The molecule has 0 aliphatic carbocycles. The van der Waals surface area contributed by atoms with Gasteiger partial charge >= 0.3 is 0 Å². The van der Waals surface area contributed by atoms with Gasteiger partial charge in [0.15, 0.2) is 0 Å². The summed E-state index contributed by atoms with van der Waals surface area (Å²) >= 11 is 0. The second-order valence-electron chi connectivity index (χ2n) is 4.97. The first-order valence-corrected chi connectivity index (χ1v) is 6.93. The zero-order valence-corrected chi connectivity index (χ0v) is 11.2. The Morgan fingerprint density at radius 2 is 2.00 bits per heavy atom. The lowest BCUT2D eigenvalue weighted by Gasteiger charge is -2.22. The van der Waals surface area contributed by atoms with E-state index >= 15 is 0 Å². The van der Waals surface area contributed by atoms with Gasteiger partial charge in [-0.25, -0.2) is 0 Å². The molecule has 19 heavy (non-hydrogen) atoms. The summed E-state index contributed by atoms with van der Waals surface area (Å²) in [7, 11) is 0. The summed E-state index contributed by atoms with van der Waals surface area (Å²) in [4.78, 5) is 11.6. The Kier molecular flexibility index (Phi) is 5.85. The van der Waals surface area contributed by atoms with Crippen LogP contribution < -0.4 is 10.6 Å². The molecule has 0 radical (unpaired) electrons. The van der Waals surface area contributed by atoms with Crippen LogP contribution in [-0.4, -0.2) is 32.2 Å². The van der Waals surface area contributed by atoms with Gasteiger partial charge in [0.2, 0.25) is 5.91 Å². The van der Waals surface area contributed by atoms with E-state index in [0.717, 1.165) is 31.5 Å². The molecule has 1 heterocycles. The highest BCUT2D eigenvalue weighted by Crippen LogP contribution is 2.11. The Morgan fingerprint density at radius 1 is 1.26 bits per heavy atom. The first kappa shape index (κ1) is 14.0. The van der Waals surface area contributed by atoms with Gasteiger partial charge in [0.25, 0.3) is 0 Å². The number of carbonyl (C=O) groups excluding carboxylic acids is 1. The zero-order valence-electron chi connectivity index (χ0n) is 11.2. The number of piperidine rings is 1. The molecule has 1 aromatic carbocycles. The molecule has 1 aliphatic heterocycles. The number of rotatable bonds is 6. The van der Waals surface area contributed by atoms with Crippen molar-refractivity contribution in [2.75, 3.05) is 26.3 Å². The van der Waals surface area contributed by atoms with E-state index in [0.29, 0.717) is 19.1 Å². The van der Waals surface area contributed by atoms with Gasteiger partial charge in [-0.3, -0.25) is 4.79 Å². The summed E-state index contributed by atoms with van der Waals surface area (Å²) < 4.78 is 5.48. The van der Waals surface area contributed by atoms with Crippen LogP contribution in [-0.2, 0) is 16.1 Å². The molecule has 0 unspecified atom stereocenters. The Balaban J connectivity index is 1.57. The molecule has 1 amide bonds. The number of hydrogen-bond acceptors (Lipinski definition) is 3. The highest BCUT2D eigenvalue weighted by Gasteiger charge is 2.13. The molecular weight excluding hydrogens is 240 g/mol. The third-order valence-electron chi connectivity index (χ3n) is 3.38. The van der Waals surface area contributed by atoms with E-state index < -0.39 is 0 Å². The van der Waals surface area contributed by atoms with E-state index in [1.807, 2.05) is 30.3 Å².